The molecule has 0 bridgehead atoms. The Labute approximate surface area is 103 Å². The molecule has 0 amide bonds. The number of carboxylic acids is 1. The van der Waals surface area contributed by atoms with Crippen LogP contribution < -0.4 is 5.73 Å². The SMILES string of the molecule is CC(C)(C)OC(=O)C1(C=C(F)F)CC1(N)C(=O)O. The Morgan fingerprint density at radius 3 is 2.17 bits per heavy atom. The number of rotatable bonds is 3. The van der Waals surface area contributed by atoms with Crippen molar-refractivity contribution in [1.82, 2.24) is 0 Å². The molecule has 3 N–H and O–H groups in total. The second-order valence-electron chi connectivity index (χ2n) is 5.36. The molecule has 2 atom stereocenters. The van der Waals surface area contributed by atoms with Crippen LogP contribution in [0.3, 0.4) is 0 Å². The number of hydrogen-bond acceptors (Lipinski definition) is 4. The Hall–Kier alpha value is -1.50. The van der Waals surface area contributed by atoms with Crippen molar-refractivity contribution in [3.05, 3.63) is 12.2 Å². The largest absolute Gasteiger partial charge is 0.480 e. The van der Waals surface area contributed by atoms with Gasteiger partial charge in [0.15, 0.2) is 0 Å². The molecule has 0 aromatic carbocycles. The van der Waals surface area contributed by atoms with Gasteiger partial charge in [-0.05, 0) is 27.2 Å². The summed E-state index contributed by atoms with van der Waals surface area (Å²) in [6, 6.07) is 0. The summed E-state index contributed by atoms with van der Waals surface area (Å²) in [7, 11) is 0. The van der Waals surface area contributed by atoms with Gasteiger partial charge in [-0.25, -0.2) is 0 Å². The maximum atomic E-state index is 12.4. The summed E-state index contributed by atoms with van der Waals surface area (Å²) in [4.78, 5) is 22.8. The molecule has 1 fully saturated rings. The first-order chi connectivity index (χ1) is 7.94. The molecule has 1 rings (SSSR count). The lowest BCUT2D eigenvalue weighted by atomic mass is 9.99. The van der Waals surface area contributed by atoms with Crippen molar-refractivity contribution >= 4 is 11.9 Å². The number of aliphatic carboxylic acids is 1. The number of carbonyl (C=O) groups excluding carboxylic acids is 1. The average molecular weight is 263 g/mol. The van der Waals surface area contributed by atoms with E-state index in [0.29, 0.717) is 0 Å². The average Bonchev–Trinajstić information content (AvgIpc) is 2.70. The summed E-state index contributed by atoms with van der Waals surface area (Å²) in [6.07, 6.45) is -2.29. The van der Waals surface area contributed by atoms with Crippen LogP contribution in [-0.4, -0.2) is 28.2 Å². The van der Waals surface area contributed by atoms with E-state index < -0.39 is 41.0 Å². The first kappa shape index (κ1) is 14.6. The number of carboxylic acid groups (broad SMARTS) is 1. The van der Waals surface area contributed by atoms with E-state index in [1.807, 2.05) is 0 Å². The van der Waals surface area contributed by atoms with Crippen molar-refractivity contribution in [3.63, 3.8) is 0 Å². The molecule has 0 aliphatic heterocycles. The highest BCUT2D eigenvalue weighted by atomic mass is 19.3. The number of hydrogen-bond donors (Lipinski definition) is 2. The van der Waals surface area contributed by atoms with Gasteiger partial charge in [-0.3, -0.25) is 9.59 Å². The van der Waals surface area contributed by atoms with Crippen molar-refractivity contribution in [2.75, 3.05) is 0 Å². The highest BCUT2D eigenvalue weighted by molar-refractivity contribution is 5.99. The number of esters is 1. The van der Waals surface area contributed by atoms with Gasteiger partial charge in [0.25, 0.3) is 6.08 Å². The molecule has 0 saturated heterocycles. The second kappa shape index (κ2) is 4.01. The van der Waals surface area contributed by atoms with Crippen LogP contribution in [0.1, 0.15) is 27.2 Å². The van der Waals surface area contributed by atoms with E-state index in [4.69, 9.17) is 15.6 Å². The molecule has 5 nitrogen and oxygen atoms in total. The van der Waals surface area contributed by atoms with Gasteiger partial charge in [0, 0.05) is 6.08 Å². The lowest BCUT2D eigenvalue weighted by Gasteiger charge is -2.23. The summed E-state index contributed by atoms with van der Waals surface area (Å²) in [5, 5.41) is 8.90. The van der Waals surface area contributed by atoms with Crippen molar-refractivity contribution < 1.29 is 28.2 Å². The zero-order valence-corrected chi connectivity index (χ0v) is 10.3. The van der Waals surface area contributed by atoms with E-state index >= 15 is 0 Å². The topological polar surface area (TPSA) is 89.6 Å². The Balaban J connectivity index is 3.09. The molecule has 102 valence electrons. The van der Waals surface area contributed by atoms with Gasteiger partial charge in [0.1, 0.15) is 16.6 Å². The zero-order chi connectivity index (χ0) is 14.4. The first-order valence-corrected chi connectivity index (χ1v) is 5.24. The molecule has 0 aromatic rings. The summed E-state index contributed by atoms with van der Waals surface area (Å²) >= 11 is 0. The maximum absolute atomic E-state index is 12.4. The molecule has 2 unspecified atom stereocenters. The number of nitrogens with two attached hydrogens (primary N) is 1. The lowest BCUT2D eigenvalue weighted by Crippen LogP contribution is -2.44. The van der Waals surface area contributed by atoms with Crippen molar-refractivity contribution in [3.8, 4) is 0 Å². The molecule has 0 radical (unpaired) electrons. The first-order valence-electron chi connectivity index (χ1n) is 5.24. The maximum Gasteiger partial charge on any atom is 0.325 e. The fourth-order valence-electron chi connectivity index (χ4n) is 1.71. The Morgan fingerprint density at radius 2 is 1.89 bits per heavy atom. The fourth-order valence-corrected chi connectivity index (χ4v) is 1.71. The standard InChI is InChI=1S/C11H15F2NO4/c1-9(2,3)18-8(17)10(4-6(12)13)5-11(10,14)7(15)16/h4H,5,14H2,1-3H3,(H,15,16). The van der Waals surface area contributed by atoms with E-state index in [1.54, 1.807) is 20.8 Å². The van der Waals surface area contributed by atoms with E-state index in [1.165, 1.54) is 0 Å². The molecule has 0 heterocycles. The summed E-state index contributed by atoms with van der Waals surface area (Å²) in [6.45, 7) is 4.65. The van der Waals surface area contributed by atoms with E-state index in [-0.39, 0.29) is 6.08 Å². The van der Waals surface area contributed by atoms with Crippen LogP contribution in [0.2, 0.25) is 0 Å². The molecule has 7 heteroatoms. The third-order valence-electron chi connectivity index (χ3n) is 2.73. The van der Waals surface area contributed by atoms with Crippen LogP contribution in [-0.2, 0) is 14.3 Å². The monoisotopic (exact) mass is 263 g/mol. The number of ether oxygens (including phenoxy) is 1. The lowest BCUT2D eigenvalue weighted by molar-refractivity contribution is -0.162. The third kappa shape index (κ3) is 2.35. The molecule has 1 aliphatic carbocycles. The van der Waals surface area contributed by atoms with Gasteiger partial charge in [-0.2, -0.15) is 8.78 Å². The van der Waals surface area contributed by atoms with Gasteiger partial charge in [-0.15, -0.1) is 0 Å². The second-order valence-corrected chi connectivity index (χ2v) is 5.36. The highest BCUT2D eigenvalue weighted by Gasteiger charge is 2.75. The molecule has 18 heavy (non-hydrogen) atoms. The third-order valence-corrected chi connectivity index (χ3v) is 2.73. The predicted molar refractivity (Wildman–Crippen MR) is 57.7 cm³/mol. The molecule has 1 saturated carbocycles. The Morgan fingerprint density at radius 1 is 1.39 bits per heavy atom. The minimum atomic E-state index is -2.16. The van der Waals surface area contributed by atoms with Crippen molar-refractivity contribution in [2.45, 2.75) is 38.3 Å². The molecule has 1 aliphatic rings. The number of carbonyl (C=O) groups is 2. The zero-order valence-electron chi connectivity index (χ0n) is 10.3. The van der Waals surface area contributed by atoms with Crippen LogP contribution in [0.15, 0.2) is 12.2 Å². The van der Waals surface area contributed by atoms with E-state index in [9.17, 15) is 18.4 Å². The fraction of sp³-hybridized carbons (Fsp3) is 0.636. The van der Waals surface area contributed by atoms with Gasteiger partial charge < -0.3 is 15.6 Å². The van der Waals surface area contributed by atoms with Gasteiger partial charge in [-0.1, -0.05) is 0 Å². The van der Waals surface area contributed by atoms with Gasteiger partial charge in [0.2, 0.25) is 0 Å². The summed E-state index contributed by atoms with van der Waals surface area (Å²) in [5.41, 5.74) is 0.538. The minimum absolute atomic E-state index is 0.273. The summed E-state index contributed by atoms with van der Waals surface area (Å²) < 4.78 is 29.7. The Bertz CT molecular complexity index is 425. The van der Waals surface area contributed by atoms with E-state index in [0.717, 1.165) is 0 Å². The van der Waals surface area contributed by atoms with Gasteiger partial charge >= 0.3 is 11.9 Å². The Kier molecular flexibility index (Phi) is 3.25. The molecule has 0 aromatic heterocycles. The highest BCUT2D eigenvalue weighted by Crippen LogP contribution is 2.57. The van der Waals surface area contributed by atoms with Crippen LogP contribution >= 0.6 is 0 Å². The minimum Gasteiger partial charge on any atom is -0.480 e. The van der Waals surface area contributed by atoms with Crippen LogP contribution in [0, 0.1) is 5.41 Å². The van der Waals surface area contributed by atoms with Crippen LogP contribution in [0.5, 0.6) is 0 Å². The molecule has 0 spiro atoms. The summed E-state index contributed by atoms with van der Waals surface area (Å²) in [5.74, 6) is -2.56. The smallest absolute Gasteiger partial charge is 0.325 e. The van der Waals surface area contributed by atoms with Crippen LogP contribution in [0.4, 0.5) is 8.78 Å². The normalized spacial score (nSPS) is 30.6. The van der Waals surface area contributed by atoms with Crippen LogP contribution in [0.25, 0.3) is 0 Å². The quantitative estimate of drug-likeness (QED) is 0.749. The molecular weight excluding hydrogens is 248 g/mol. The predicted octanol–water partition coefficient (Wildman–Crippen LogP) is 1.28. The van der Waals surface area contributed by atoms with Crippen molar-refractivity contribution in [2.24, 2.45) is 11.1 Å². The number of halogens is 2. The van der Waals surface area contributed by atoms with E-state index in [2.05, 4.69) is 0 Å². The van der Waals surface area contributed by atoms with Crippen molar-refractivity contribution in [1.29, 1.82) is 0 Å². The van der Waals surface area contributed by atoms with Gasteiger partial charge in [0.05, 0.1) is 0 Å². The molecular formula is C11H15F2NO4.